The lowest BCUT2D eigenvalue weighted by Gasteiger charge is -2.07. The third-order valence-corrected chi connectivity index (χ3v) is 2.48. The van der Waals surface area contributed by atoms with E-state index in [9.17, 15) is 13.2 Å². The van der Waals surface area contributed by atoms with E-state index in [2.05, 4.69) is 9.46 Å². The van der Waals surface area contributed by atoms with E-state index in [-0.39, 0.29) is 11.9 Å². The van der Waals surface area contributed by atoms with Crippen molar-refractivity contribution in [1.82, 2.24) is 9.44 Å². The van der Waals surface area contributed by atoms with Crippen LogP contribution < -0.4 is 9.44 Å². The first-order chi connectivity index (χ1) is 6.37. The lowest BCUT2D eigenvalue weighted by Crippen LogP contribution is -2.40. The summed E-state index contributed by atoms with van der Waals surface area (Å²) in [4.78, 5) is 10.5. The first-order valence-corrected chi connectivity index (χ1v) is 5.79. The summed E-state index contributed by atoms with van der Waals surface area (Å²) in [5.41, 5.74) is 0. The van der Waals surface area contributed by atoms with Gasteiger partial charge in [0.2, 0.25) is 0 Å². The van der Waals surface area contributed by atoms with Gasteiger partial charge < -0.3 is 4.74 Å². The Morgan fingerprint density at radius 3 is 2.57 bits per heavy atom. The maximum absolute atomic E-state index is 11.0. The number of amides is 1. The van der Waals surface area contributed by atoms with Crippen LogP contribution in [0.4, 0.5) is 4.79 Å². The van der Waals surface area contributed by atoms with E-state index in [1.165, 1.54) is 0 Å². The average Bonchev–Trinajstić information content (AvgIpc) is 2.02. The zero-order chi connectivity index (χ0) is 11.2. The standard InChI is InChI=1S/C6H13ClN2O4S/c1-5(7)3-4-8-14(11,12)9-6(10)13-2/h5,8H,3-4H2,1-2H3,(H,9,10). The lowest BCUT2D eigenvalue weighted by atomic mass is 10.3. The summed E-state index contributed by atoms with van der Waals surface area (Å²) < 4.78 is 29.9. The molecule has 1 atom stereocenters. The van der Waals surface area contributed by atoms with Crippen molar-refractivity contribution in [2.45, 2.75) is 18.7 Å². The summed E-state index contributed by atoms with van der Waals surface area (Å²) in [5, 5.41) is -0.129. The lowest BCUT2D eigenvalue weighted by molar-refractivity contribution is 0.177. The van der Waals surface area contributed by atoms with Crippen molar-refractivity contribution in [3.8, 4) is 0 Å². The molecule has 84 valence electrons. The molecule has 2 N–H and O–H groups in total. The van der Waals surface area contributed by atoms with Crippen molar-refractivity contribution in [1.29, 1.82) is 0 Å². The van der Waals surface area contributed by atoms with Gasteiger partial charge in [0.15, 0.2) is 0 Å². The first kappa shape index (κ1) is 13.5. The second-order valence-electron chi connectivity index (χ2n) is 2.56. The molecular formula is C6H13ClN2O4S. The Morgan fingerprint density at radius 1 is 1.57 bits per heavy atom. The smallest absolute Gasteiger partial charge is 0.421 e. The molecule has 14 heavy (non-hydrogen) atoms. The van der Waals surface area contributed by atoms with E-state index in [0.29, 0.717) is 6.42 Å². The topological polar surface area (TPSA) is 84.5 Å². The van der Waals surface area contributed by atoms with Gasteiger partial charge in [-0.1, -0.05) is 0 Å². The molecule has 0 aromatic rings. The van der Waals surface area contributed by atoms with Crippen LogP contribution in [0.5, 0.6) is 0 Å². The Morgan fingerprint density at radius 2 is 2.14 bits per heavy atom. The zero-order valence-electron chi connectivity index (χ0n) is 7.91. The van der Waals surface area contributed by atoms with E-state index in [4.69, 9.17) is 11.6 Å². The molecule has 0 fully saturated rings. The van der Waals surface area contributed by atoms with Crippen LogP contribution in [0.25, 0.3) is 0 Å². The summed E-state index contributed by atoms with van der Waals surface area (Å²) in [6, 6.07) is 0. The summed E-state index contributed by atoms with van der Waals surface area (Å²) >= 11 is 5.59. The molecule has 8 heteroatoms. The van der Waals surface area contributed by atoms with Crippen LogP contribution in [0.2, 0.25) is 0 Å². The van der Waals surface area contributed by atoms with Gasteiger partial charge in [0.1, 0.15) is 0 Å². The van der Waals surface area contributed by atoms with E-state index in [1.807, 2.05) is 0 Å². The van der Waals surface area contributed by atoms with Crippen molar-refractivity contribution in [3.63, 3.8) is 0 Å². The molecule has 6 nitrogen and oxygen atoms in total. The van der Waals surface area contributed by atoms with Crippen LogP contribution in [0.1, 0.15) is 13.3 Å². The minimum atomic E-state index is -3.82. The maximum atomic E-state index is 11.0. The van der Waals surface area contributed by atoms with E-state index >= 15 is 0 Å². The molecule has 0 bridgehead atoms. The van der Waals surface area contributed by atoms with Crippen molar-refractivity contribution in [2.24, 2.45) is 0 Å². The zero-order valence-corrected chi connectivity index (χ0v) is 9.48. The van der Waals surface area contributed by atoms with Crippen LogP contribution in [-0.2, 0) is 14.9 Å². The highest BCUT2D eigenvalue weighted by molar-refractivity contribution is 7.88. The van der Waals surface area contributed by atoms with Crippen LogP contribution in [0.15, 0.2) is 0 Å². The van der Waals surface area contributed by atoms with Crippen molar-refractivity contribution >= 4 is 27.9 Å². The van der Waals surface area contributed by atoms with E-state index < -0.39 is 16.3 Å². The number of rotatable bonds is 5. The van der Waals surface area contributed by atoms with Crippen molar-refractivity contribution in [2.75, 3.05) is 13.7 Å². The minimum absolute atomic E-state index is 0.129. The van der Waals surface area contributed by atoms with Crippen molar-refractivity contribution < 1.29 is 17.9 Å². The number of carbonyl (C=O) groups excluding carboxylic acids is 1. The number of hydrogen-bond donors (Lipinski definition) is 2. The van der Waals surface area contributed by atoms with Crippen molar-refractivity contribution in [3.05, 3.63) is 0 Å². The maximum Gasteiger partial charge on any atom is 0.421 e. The number of nitrogens with one attached hydrogen (secondary N) is 2. The molecule has 0 aliphatic heterocycles. The van der Waals surface area contributed by atoms with Gasteiger partial charge >= 0.3 is 16.3 Å². The third kappa shape index (κ3) is 6.93. The summed E-state index contributed by atoms with van der Waals surface area (Å²) in [5.74, 6) is 0. The number of methoxy groups -OCH3 is 1. The molecule has 0 aliphatic carbocycles. The highest BCUT2D eigenvalue weighted by Gasteiger charge is 2.13. The van der Waals surface area contributed by atoms with Gasteiger partial charge in [-0.3, -0.25) is 0 Å². The molecule has 1 amide bonds. The number of halogens is 1. The Kier molecular flexibility index (Phi) is 5.82. The Hall–Kier alpha value is -0.530. The highest BCUT2D eigenvalue weighted by atomic mass is 35.5. The van der Waals surface area contributed by atoms with Crippen LogP contribution >= 0.6 is 11.6 Å². The Labute approximate surface area is 88.1 Å². The van der Waals surface area contributed by atoms with Crippen LogP contribution in [0.3, 0.4) is 0 Å². The molecule has 0 aliphatic rings. The molecule has 0 aromatic carbocycles. The second-order valence-corrected chi connectivity index (χ2v) is 4.81. The van der Waals surface area contributed by atoms with Crippen LogP contribution in [-0.4, -0.2) is 33.5 Å². The molecule has 0 saturated carbocycles. The van der Waals surface area contributed by atoms with Crippen LogP contribution in [0, 0.1) is 0 Å². The molecule has 0 spiro atoms. The summed E-state index contributed by atoms with van der Waals surface area (Å²) in [6.45, 7) is 1.90. The monoisotopic (exact) mass is 244 g/mol. The second kappa shape index (κ2) is 6.05. The number of ether oxygens (including phenoxy) is 1. The number of hydrogen-bond acceptors (Lipinski definition) is 4. The SMILES string of the molecule is COC(=O)NS(=O)(=O)NCCC(C)Cl. The number of alkyl halides is 1. The van der Waals surface area contributed by atoms with Gasteiger partial charge in [-0.15, -0.1) is 11.6 Å². The first-order valence-electron chi connectivity index (χ1n) is 3.87. The van der Waals surface area contributed by atoms with Gasteiger partial charge in [-0.05, 0) is 13.3 Å². The molecular weight excluding hydrogens is 232 g/mol. The Bertz CT molecular complexity index is 278. The van der Waals surface area contributed by atoms with E-state index in [0.717, 1.165) is 7.11 Å². The normalized spacial score (nSPS) is 13.4. The fourth-order valence-electron chi connectivity index (χ4n) is 0.580. The molecule has 0 rings (SSSR count). The molecule has 0 heterocycles. The molecule has 1 unspecified atom stereocenters. The molecule has 0 radical (unpaired) electrons. The van der Waals surface area contributed by atoms with Gasteiger partial charge in [-0.25, -0.2) is 9.52 Å². The van der Waals surface area contributed by atoms with Gasteiger partial charge in [0.05, 0.1) is 7.11 Å². The molecule has 0 aromatic heterocycles. The molecule has 0 saturated heterocycles. The third-order valence-electron chi connectivity index (χ3n) is 1.24. The van der Waals surface area contributed by atoms with Gasteiger partial charge in [-0.2, -0.15) is 13.1 Å². The van der Waals surface area contributed by atoms with E-state index in [1.54, 1.807) is 11.6 Å². The fourth-order valence-corrected chi connectivity index (χ4v) is 1.45. The number of carbonyl (C=O) groups is 1. The minimum Gasteiger partial charge on any atom is -0.452 e. The van der Waals surface area contributed by atoms with Gasteiger partial charge in [0.25, 0.3) is 0 Å². The quantitative estimate of drug-likeness (QED) is 0.677. The predicted molar refractivity (Wildman–Crippen MR) is 52.4 cm³/mol. The largest absolute Gasteiger partial charge is 0.452 e. The summed E-state index contributed by atoms with van der Waals surface area (Å²) in [6.07, 6.45) is -0.555. The summed E-state index contributed by atoms with van der Waals surface area (Å²) in [7, 11) is -2.75. The van der Waals surface area contributed by atoms with Gasteiger partial charge in [0, 0.05) is 11.9 Å². The highest BCUT2D eigenvalue weighted by Crippen LogP contribution is 1.97. The predicted octanol–water partition coefficient (Wildman–Crippen LogP) is 0.194. The Balaban J connectivity index is 3.91. The average molecular weight is 245 g/mol. The fraction of sp³-hybridized carbons (Fsp3) is 0.833.